The summed E-state index contributed by atoms with van der Waals surface area (Å²) in [5.74, 6) is -1.03. The van der Waals surface area contributed by atoms with Crippen molar-refractivity contribution < 1.29 is 14.7 Å². The van der Waals surface area contributed by atoms with Gasteiger partial charge in [-0.15, -0.1) is 0 Å². The molecular weight excluding hydrogens is 258 g/mol. The van der Waals surface area contributed by atoms with Crippen molar-refractivity contribution in [3.05, 3.63) is 17.5 Å². The predicted octanol–water partition coefficient (Wildman–Crippen LogP) is 1.53. The highest BCUT2D eigenvalue weighted by molar-refractivity contribution is 5.92. The van der Waals surface area contributed by atoms with Crippen LogP contribution in [-0.4, -0.2) is 32.8 Å². The Kier molecular flexibility index (Phi) is 4.11. The van der Waals surface area contributed by atoms with Gasteiger partial charge >= 0.3 is 5.97 Å². The summed E-state index contributed by atoms with van der Waals surface area (Å²) in [6, 6.07) is 1.73. The van der Waals surface area contributed by atoms with E-state index < -0.39 is 5.97 Å². The molecule has 0 aliphatic heterocycles. The maximum atomic E-state index is 12.1. The van der Waals surface area contributed by atoms with Crippen molar-refractivity contribution in [1.29, 1.82) is 0 Å². The van der Waals surface area contributed by atoms with E-state index >= 15 is 0 Å². The molecule has 0 bridgehead atoms. The topological polar surface area (TPSA) is 84.2 Å². The van der Waals surface area contributed by atoms with Crippen LogP contribution in [0.1, 0.15) is 55.2 Å². The normalized spacial score (nSPS) is 22.2. The van der Waals surface area contributed by atoms with E-state index in [4.69, 9.17) is 5.11 Å². The average Bonchev–Trinajstić information content (AvgIpc) is 2.95. The molecule has 0 radical (unpaired) electrons. The Hall–Kier alpha value is -1.85. The van der Waals surface area contributed by atoms with Crippen LogP contribution in [0.2, 0.25) is 0 Å². The van der Waals surface area contributed by atoms with Gasteiger partial charge in [0.15, 0.2) is 0 Å². The van der Waals surface area contributed by atoms with Crippen LogP contribution in [0.25, 0.3) is 0 Å². The summed E-state index contributed by atoms with van der Waals surface area (Å²) >= 11 is 0. The average molecular weight is 279 g/mol. The first-order chi connectivity index (χ1) is 9.38. The van der Waals surface area contributed by atoms with Crippen LogP contribution < -0.4 is 5.32 Å². The lowest BCUT2D eigenvalue weighted by molar-refractivity contribution is -0.141. The minimum atomic E-state index is -0.776. The van der Waals surface area contributed by atoms with Gasteiger partial charge in [0, 0.05) is 18.8 Å². The van der Waals surface area contributed by atoms with E-state index in [1.807, 2.05) is 20.9 Å². The Morgan fingerprint density at radius 1 is 1.45 bits per heavy atom. The van der Waals surface area contributed by atoms with Gasteiger partial charge in [0.2, 0.25) is 0 Å². The standard InChI is InChI=1S/C14H21N3O3/c1-8(2)12-7-11(16-17(12)3)13(18)15-10-5-4-9(6-10)14(19)20/h7-10H,4-6H2,1-3H3,(H,15,18)(H,19,20)/t9-,10-/m1/s1. The molecule has 1 amide bonds. The van der Waals surface area contributed by atoms with E-state index in [9.17, 15) is 9.59 Å². The van der Waals surface area contributed by atoms with Crippen LogP contribution in [0.3, 0.4) is 0 Å². The number of aliphatic carboxylic acids is 1. The van der Waals surface area contributed by atoms with Gasteiger partial charge in [-0.3, -0.25) is 14.3 Å². The number of carbonyl (C=O) groups excluding carboxylic acids is 1. The molecule has 1 aromatic heterocycles. The number of carbonyl (C=O) groups is 2. The minimum Gasteiger partial charge on any atom is -0.481 e. The van der Waals surface area contributed by atoms with E-state index in [1.165, 1.54) is 0 Å². The third-order valence-corrected chi connectivity index (χ3v) is 3.86. The second-order valence-electron chi connectivity index (χ2n) is 5.75. The summed E-state index contributed by atoms with van der Waals surface area (Å²) in [5.41, 5.74) is 1.40. The molecule has 1 saturated carbocycles. The van der Waals surface area contributed by atoms with E-state index in [-0.39, 0.29) is 17.9 Å². The van der Waals surface area contributed by atoms with Crippen LogP contribution >= 0.6 is 0 Å². The third kappa shape index (κ3) is 3.00. The molecule has 0 aromatic carbocycles. The SMILES string of the molecule is CC(C)c1cc(C(=O)N[C@@H]2CC[C@@H](C(=O)O)C2)nn1C. The van der Waals surface area contributed by atoms with E-state index in [1.54, 1.807) is 10.7 Å². The van der Waals surface area contributed by atoms with Gasteiger partial charge in [-0.1, -0.05) is 13.8 Å². The molecule has 1 fully saturated rings. The summed E-state index contributed by atoms with van der Waals surface area (Å²) in [7, 11) is 1.82. The Morgan fingerprint density at radius 3 is 2.65 bits per heavy atom. The smallest absolute Gasteiger partial charge is 0.306 e. The molecule has 1 aromatic rings. The first-order valence-corrected chi connectivity index (χ1v) is 6.96. The lowest BCUT2D eigenvalue weighted by atomic mass is 10.1. The largest absolute Gasteiger partial charge is 0.481 e. The van der Waals surface area contributed by atoms with E-state index in [2.05, 4.69) is 10.4 Å². The summed E-state index contributed by atoms with van der Waals surface area (Å²) in [6.07, 6.45) is 1.84. The Balaban J connectivity index is 1.99. The van der Waals surface area contributed by atoms with Crippen molar-refractivity contribution in [2.75, 3.05) is 0 Å². The van der Waals surface area contributed by atoms with Gasteiger partial charge in [-0.05, 0) is 31.2 Å². The number of nitrogens with zero attached hydrogens (tertiary/aromatic N) is 2. The number of nitrogens with one attached hydrogen (secondary N) is 1. The van der Waals surface area contributed by atoms with Gasteiger partial charge in [0.1, 0.15) is 5.69 Å². The fourth-order valence-corrected chi connectivity index (χ4v) is 2.73. The number of amides is 1. The molecule has 2 N–H and O–H groups in total. The van der Waals surface area contributed by atoms with E-state index in [0.29, 0.717) is 30.9 Å². The van der Waals surface area contributed by atoms with Gasteiger partial charge < -0.3 is 10.4 Å². The molecule has 110 valence electrons. The number of rotatable bonds is 4. The molecule has 20 heavy (non-hydrogen) atoms. The van der Waals surface area contributed by atoms with Crippen molar-refractivity contribution >= 4 is 11.9 Å². The molecule has 2 rings (SSSR count). The highest BCUT2D eigenvalue weighted by atomic mass is 16.4. The first kappa shape index (κ1) is 14.6. The van der Waals surface area contributed by atoms with Crippen molar-refractivity contribution in [2.24, 2.45) is 13.0 Å². The number of carboxylic acid groups (broad SMARTS) is 1. The monoisotopic (exact) mass is 279 g/mol. The Morgan fingerprint density at radius 2 is 2.15 bits per heavy atom. The molecule has 1 aliphatic carbocycles. The van der Waals surface area contributed by atoms with Gasteiger partial charge in [0.05, 0.1) is 5.92 Å². The highest BCUT2D eigenvalue weighted by Gasteiger charge is 2.31. The number of hydrogen-bond donors (Lipinski definition) is 2. The van der Waals surface area contributed by atoms with Crippen LogP contribution in [0.4, 0.5) is 0 Å². The van der Waals surface area contributed by atoms with Crippen molar-refractivity contribution in [2.45, 2.75) is 45.1 Å². The van der Waals surface area contributed by atoms with Crippen molar-refractivity contribution in [3.8, 4) is 0 Å². The third-order valence-electron chi connectivity index (χ3n) is 3.86. The maximum absolute atomic E-state index is 12.1. The molecule has 6 nitrogen and oxygen atoms in total. The quantitative estimate of drug-likeness (QED) is 0.875. The second-order valence-corrected chi connectivity index (χ2v) is 5.75. The lowest BCUT2D eigenvalue weighted by Crippen LogP contribution is -2.33. The first-order valence-electron chi connectivity index (χ1n) is 6.96. The zero-order chi connectivity index (χ0) is 14.9. The molecule has 1 heterocycles. The number of aromatic nitrogens is 2. The van der Waals surface area contributed by atoms with Crippen molar-refractivity contribution in [3.63, 3.8) is 0 Å². The van der Waals surface area contributed by atoms with Crippen LogP contribution in [0.15, 0.2) is 6.07 Å². The molecule has 6 heteroatoms. The number of aryl methyl sites for hydroxylation is 1. The minimum absolute atomic E-state index is 0.0619. The number of hydrogen-bond acceptors (Lipinski definition) is 3. The van der Waals surface area contributed by atoms with Gasteiger partial charge in [-0.25, -0.2) is 0 Å². The van der Waals surface area contributed by atoms with Crippen LogP contribution in [0, 0.1) is 5.92 Å². The van der Waals surface area contributed by atoms with Crippen molar-refractivity contribution in [1.82, 2.24) is 15.1 Å². The highest BCUT2D eigenvalue weighted by Crippen LogP contribution is 2.26. The van der Waals surface area contributed by atoms with Crippen LogP contribution in [-0.2, 0) is 11.8 Å². The fourth-order valence-electron chi connectivity index (χ4n) is 2.73. The maximum Gasteiger partial charge on any atom is 0.306 e. The lowest BCUT2D eigenvalue weighted by Gasteiger charge is -2.10. The molecule has 0 spiro atoms. The molecule has 0 saturated heterocycles. The molecular formula is C14H21N3O3. The van der Waals surface area contributed by atoms with Gasteiger partial charge in [-0.2, -0.15) is 5.10 Å². The Bertz CT molecular complexity index is 522. The zero-order valence-electron chi connectivity index (χ0n) is 12.1. The molecule has 2 atom stereocenters. The molecule has 1 aliphatic rings. The van der Waals surface area contributed by atoms with E-state index in [0.717, 1.165) is 5.69 Å². The zero-order valence-corrected chi connectivity index (χ0v) is 12.1. The van der Waals surface area contributed by atoms with Crippen LogP contribution in [0.5, 0.6) is 0 Å². The summed E-state index contributed by atoms with van der Waals surface area (Å²) < 4.78 is 1.72. The predicted molar refractivity (Wildman–Crippen MR) is 73.5 cm³/mol. The molecule has 0 unspecified atom stereocenters. The fraction of sp³-hybridized carbons (Fsp3) is 0.643. The Labute approximate surface area is 118 Å². The second kappa shape index (κ2) is 5.64. The van der Waals surface area contributed by atoms with Gasteiger partial charge in [0.25, 0.3) is 5.91 Å². The summed E-state index contributed by atoms with van der Waals surface area (Å²) in [5, 5.41) is 16.1. The summed E-state index contributed by atoms with van der Waals surface area (Å²) in [4.78, 5) is 23.0. The summed E-state index contributed by atoms with van der Waals surface area (Å²) in [6.45, 7) is 4.10. The number of carboxylic acids is 1.